The summed E-state index contributed by atoms with van der Waals surface area (Å²) in [6.07, 6.45) is 6.81. The van der Waals surface area contributed by atoms with Crippen LogP contribution in [0, 0.1) is 5.92 Å². The molecule has 0 bridgehead atoms. The van der Waals surface area contributed by atoms with E-state index in [2.05, 4.69) is 31.3 Å². The molecule has 2 aromatic heterocycles. The van der Waals surface area contributed by atoms with Gasteiger partial charge in [-0.3, -0.25) is 4.90 Å². The lowest BCUT2D eigenvalue weighted by atomic mass is 9.94. The Morgan fingerprint density at radius 2 is 2.43 bits per heavy atom. The van der Waals surface area contributed by atoms with E-state index in [4.69, 9.17) is 9.47 Å². The van der Waals surface area contributed by atoms with Crippen molar-refractivity contribution in [3.8, 4) is 0 Å². The highest BCUT2D eigenvalue weighted by atomic mass is 32.1. The van der Waals surface area contributed by atoms with E-state index in [1.54, 1.807) is 11.3 Å². The molecule has 0 aromatic carbocycles. The second kappa shape index (κ2) is 6.73. The summed E-state index contributed by atoms with van der Waals surface area (Å²) in [6.45, 7) is 6.23. The van der Waals surface area contributed by atoms with Gasteiger partial charge in [-0.15, -0.1) is 0 Å². The second-order valence-corrected chi connectivity index (χ2v) is 7.50. The molecule has 2 aliphatic rings. The average molecular weight is 333 g/mol. The first-order valence-electron chi connectivity index (χ1n) is 8.22. The lowest BCUT2D eigenvalue weighted by Gasteiger charge is -2.31. The average Bonchev–Trinajstić information content (AvgIpc) is 3.25. The molecule has 0 saturated carbocycles. The lowest BCUT2D eigenvalue weighted by molar-refractivity contribution is -0.0563. The van der Waals surface area contributed by atoms with Gasteiger partial charge in [0.15, 0.2) is 0 Å². The van der Waals surface area contributed by atoms with E-state index in [1.807, 2.05) is 18.7 Å². The van der Waals surface area contributed by atoms with Crippen LogP contribution in [0.1, 0.15) is 12.0 Å². The number of aromatic nitrogens is 2. The normalized spacial score (nSPS) is 29.1. The Morgan fingerprint density at radius 1 is 1.43 bits per heavy atom. The van der Waals surface area contributed by atoms with Gasteiger partial charge < -0.3 is 14.0 Å². The Morgan fingerprint density at radius 3 is 3.26 bits per heavy atom. The number of rotatable bonds is 4. The molecule has 23 heavy (non-hydrogen) atoms. The van der Waals surface area contributed by atoms with Crippen molar-refractivity contribution in [2.45, 2.75) is 25.1 Å². The summed E-state index contributed by atoms with van der Waals surface area (Å²) in [6, 6.07) is 2.21. The van der Waals surface area contributed by atoms with E-state index in [0.717, 1.165) is 45.8 Å². The van der Waals surface area contributed by atoms with Gasteiger partial charge >= 0.3 is 0 Å². The van der Waals surface area contributed by atoms with E-state index in [9.17, 15) is 0 Å². The van der Waals surface area contributed by atoms with Crippen LogP contribution in [0.2, 0.25) is 0 Å². The van der Waals surface area contributed by atoms with Gasteiger partial charge in [0.1, 0.15) is 5.60 Å². The highest BCUT2D eigenvalue weighted by molar-refractivity contribution is 7.07. The van der Waals surface area contributed by atoms with E-state index in [0.29, 0.717) is 12.5 Å². The molecule has 5 nitrogen and oxygen atoms in total. The van der Waals surface area contributed by atoms with Gasteiger partial charge in [0, 0.05) is 44.5 Å². The Balaban J connectivity index is 1.40. The van der Waals surface area contributed by atoms with E-state index >= 15 is 0 Å². The molecular weight excluding hydrogens is 310 g/mol. The van der Waals surface area contributed by atoms with Crippen LogP contribution in [0.15, 0.2) is 35.5 Å². The van der Waals surface area contributed by atoms with Gasteiger partial charge in [-0.2, -0.15) is 11.3 Å². The molecule has 1 spiro atoms. The molecule has 6 heteroatoms. The molecule has 4 heterocycles. The van der Waals surface area contributed by atoms with Crippen molar-refractivity contribution in [2.75, 3.05) is 32.9 Å². The van der Waals surface area contributed by atoms with Crippen molar-refractivity contribution >= 4 is 11.3 Å². The quantitative estimate of drug-likeness (QED) is 0.860. The third kappa shape index (κ3) is 3.66. The van der Waals surface area contributed by atoms with Crippen molar-refractivity contribution in [3.05, 3.63) is 41.1 Å². The molecule has 0 aliphatic carbocycles. The topological polar surface area (TPSA) is 39.5 Å². The van der Waals surface area contributed by atoms with Crippen LogP contribution in [0.3, 0.4) is 0 Å². The summed E-state index contributed by atoms with van der Waals surface area (Å²) in [5, 5.41) is 4.38. The second-order valence-electron chi connectivity index (χ2n) is 6.72. The predicted octanol–water partition coefficient (Wildman–Crippen LogP) is 2.25. The summed E-state index contributed by atoms with van der Waals surface area (Å²) in [5.41, 5.74) is 1.25. The molecule has 2 atom stereocenters. The number of hydrogen-bond donors (Lipinski definition) is 0. The largest absolute Gasteiger partial charge is 0.377 e. The minimum Gasteiger partial charge on any atom is -0.377 e. The number of hydrogen-bond acceptors (Lipinski definition) is 5. The van der Waals surface area contributed by atoms with Crippen LogP contribution in [0.5, 0.6) is 0 Å². The standard InChI is InChI=1S/C17H23N3O2S/c1-6-23-11-15(1)8-19-4-5-21-13-17(12-19)7-16(10-22-17)9-20-3-2-18-14-20/h1-3,6,11,14,16H,4-5,7-10,12-13H2. The highest BCUT2D eigenvalue weighted by Gasteiger charge is 2.43. The third-order valence-electron chi connectivity index (χ3n) is 4.73. The maximum absolute atomic E-state index is 6.27. The van der Waals surface area contributed by atoms with Crippen molar-refractivity contribution < 1.29 is 9.47 Å². The number of thiophene rings is 1. The third-order valence-corrected chi connectivity index (χ3v) is 5.46. The molecule has 0 N–H and O–H groups in total. The predicted molar refractivity (Wildman–Crippen MR) is 89.4 cm³/mol. The molecule has 2 aliphatic heterocycles. The van der Waals surface area contributed by atoms with Gasteiger partial charge in [0.2, 0.25) is 0 Å². The van der Waals surface area contributed by atoms with Crippen molar-refractivity contribution in [1.29, 1.82) is 0 Å². The summed E-state index contributed by atoms with van der Waals surface area (Å²) >= 11 is 1.76. The Bertz CT molecular complexity index is 601. The summed E-state index contributed by atoms with van der Waals surface area (Å²) in [7, 11) is 0. The first-order valence-corrected chi connectivity index (χ1v) is 9.17. The van der Waals surface area contributed by atoms with Crippen LogP contribution in [0.25, 0.3) is 0 Å². The lowest BCUT2D eigenvalue weighted by Crippen LogP contribution is -2.43. The minimum atomic E-state index is -0.141. The van der Waals surface area contributed by atoms with Crippen molar-refractivity contribution in [2.24, 2.45) is 5.92 Å². The van der Waals surface area contributed by atoms with E-state index in [1.165, 1.54) is 5.56 Å². The summed E-state index contributed by atoms with van der Waals surface area (Å²) < 4.78 is 14.3. The maximum atomic E-state index is 6.27. The zero-order chi connectivity index (χ0) is 15.5. The molecule has 0 radical (unpaired) electrons. The van der Waals surface area contributed by atoms with Gasteiger partial charge in [-0.25, -0.2) is 4.98 Å². The van der Waals surface area contributed by atoms with Crippen LogP contribution >= 0.6 is 11.3 Å². The fourth-order valence-electron chi connectivity index (χ4n) is 3.72. The SMILES string of the molecule is c1cn(CC2COC3(COCCN(Cc4ccsc4)C3)C2)cn1. The van der Waals surface area contributed by atoms with Crippen LogP contribution in [-0.4, -0.2) is 53.0 Å². The van der Waals surface area contributed by atoms with Crippen molar-refractivity contribution in [3.63, 3.8) is 0 Å². The number of nitrogens with zero attached hydrogens (tertiary/aromatic N) is 3. The molecule has 0 amide bonds. The zero-order valence-electron chi connectivity index (χ0n) is 13.3. The first-order chi connectivity index (χ1) is 11.3. The molecule has 2 fully saturated rings. The molecule has 2 aromatic rings. The van der Waals surface area contributed by atoms with Gasteiger partial charge in [-0.1, -0.05) is 0 Å². The Labute approximate surface area is 140 Å². The fourth-order valence-corrected chi connectivity index (χ4v) is 4.38. The summed E-state index contributed by atoms with van der Waals surface area (Å²) in [4.78, 5) is 6.61. The van der Waals surface area contributed by atoms with Gasteiger partial charge in [0.25, 0.3) is 0 Å². The fraction of sp³-hybridized carbons (Fsp3) is 0.588. The Hall–Kier alpha value is -1.21. The summed E-state index contributed by atoms with van der Waals surface area (Å²) in [5.74, 6) is 0.536. The smallest absolute Gasteiger partial charge is 0.104 e. The monoisotopic (exact) mass is 333 g/mol. The van der Waals surface area contributed by atoms with E-state index in [-0.39, 0.29) is 5.60 Å². The zero-order valence-corrected chi connectivity index (χ0v) is 14.1. The number of ether oxygens (including phenoxy) is 2. The van der Waals surface area contributed by atoms with Crippen LogP contribution in [-0.2, 0) is 22.6 Å². The molecule has 124 valence electrons. The minimum absolute atomic E-state index is 0.141. The van der Waals surface area contributed by atoms with E-state index < -0.39 is 0 Å². The maximum Gasteiger partial charge on any atom is 0.104 e. The van der Waals surface area contributed by atoms with Crippen LogP contribution in [0.4, 0.5) is 0 Å². The van der Waals surface area contributed by atoms with Gasteiger partial charge in [-0.05, 0) is 28.8 Å². The molecule has 2 saturated heterocycles. The Kier molecular flexibility index (Phi) is 4.48. The molecule has 2 unspecified atom stereocenters. The van der Waals surface area contributed by atoms with Crippen LogP contribution < -0.4 is 0 Å². The van der Waals surface area contributed by atoms with Crippen molar-refractivity contribution in [1.82, 2.24) is 14.5 Å². The van der Waals surface area contributed by atoms with Gasteiger partial charge in [0.05, 0.1) is 26.1 Å². The first kappa shape index (κ1) is 15.3. The molecule has 4 rings (SSSR count). The molecular formula is C17H23N3O2S. The highest BCUT2D eigenvalue weighted by Crippen LogP contribution is 2.34. The number of imidazole rings is 1.